The lowest BCUT2D eigenvalue weighted by Gasteiger charge is -2.13. The van der Waals surface area contributed by atoms with E-state index in [4.69, 9.17) is 26.1 Å². The molecule has 2 aromatic rings. The number of rotatable bonds is 5. The Labute approximate surface area is 145 Å². The van der Waals surface area contributed by atoms with Crippen LogP contribution in [0.25, 0.3) is 6.08 Å². The zero-order chi connectivity index (χ0) is 17.5. The highest BCUT2D eigenvalue weighted by molar-refractivity contribution is 7.80. The van der Waals surface area contributed by atoms with Crippen LogP contribution in [0.5, 0.6) is 11.5 Å². The van der Waals surface area contributed by atoms with Gasteiger partial charge in [-0.2, -0.15) is 0 Å². The van der Waals surface area contributed by atoms with E-state index in [9.17, 15) is 4.79 Å². The summed E-state index contributed by atoms with van der Waals surface area (Å²) < 4.78 is 15.7. The third-order valence-electron chi connectivity index (χ3n) is 3.05. The first-order valence-electron chi connectivity index (χ1n) is 7.10. The third-order valence-corrected chi connectivity index (χ3v) is 3.26. The lowest BCUT2D eigenvalue weighted by Crippen LogP contribution is -2.32. The van der Waals surface area contributed by atoms with Crippen molar-refractivity contribution in [3.63, 3.8) is 0 Å². The second-order valence-electron chi connectivity index (χ2n) is 4.79. The molecule has 2 N–H and O–H groups in total. The second-order valence-corrected chi connectivity index (χ2v) is 5.20. The molecule has 1 aromatic heterocycles. The molecule has 126 valence electrons. The minimum Gasteiger partial charge on any atom is -0.497 e. The zero-order valence-electron chi connectivity index (χ0n) is 13.6. The maximum Gasteiger partial charge on any atom is 0.250 e. The molecule has 0 aliphatic carbocycles. The molecule has 1 heterocycles. The smallest absolute Gasteiger partial charge is 0.250 e. The van der Waals surface area contributed by atoms with Gasteiger partial charge < -0.3 is 19.2 Å². The minimum atomic E-state index is -0.372. The number of benzene rings is 1. The van der Waals surface area contributed by atoms with Gasteiger partial charge in [0.2, 0.25) is 5.91 Å². The average Bonchev–Trinajstić information content (AvgIpc) is 2.98. The molecule has 0 aliphatic rings. The van der Waals surface area contributed by atoms with E-state index in [1.807, 2.05) is 13.0 Å². The van der Waals surface area contributed by atoms with E-state index in [-0.39, 0.29) is 11.0 Å². The first-order valence-corrected chi connectivity index (χ1v) is 7.51. The molecule has 0 unspecified atom stereocenters. The first kappa shape index (κ1) is 17.6. The molecule has 0 fully saturated rings. The number of amides is 1. The lowest BCUT2D eigenvalue weighted by atomic mass is 10.2. The molecule has 0 atom stereocenters. The SMILES string of the molecule is COc1ccc(OC)c(NC(=S)NC(=O)C=Cc2ccc(C)o2)c1. The van der Waals surface area contributed by atoms with Crippen molar-refractivity contribution in [1.29, 1.82) is 0 Å². The summed E-state index contributed by atoms with van der Waals surface area (Å²) in [5, 5.41) is 5.60. The predicted octanol–water partition coefficient (Wildman–Crippen LogP) is 3.13. The molecule has 7 heteroatoms. The number of hydrogen-bond donors (Lipinski definition) is 2. The molecule has 6 nitrogen and oxygen atoms in total. The molecule has 0 bridgehead atoms. The molecule has 0 radical (unpaired) electrons. The van der Waals surface area contributed by atoms with Gasteiger partial charge >= 0.3 is 0 Å². The van der Waals surface area contributed by atoms with Gasteiger partial charge in [-0.3, -0.25) is 10.1 Å². The van der Waals surface area contributed by atoms with Gasteiger partial charge in [0.25, 0.3) is 0 Å². The van der Waals surface area contributed by atoms with E-state index >= 15 is 0 Å². The van der Waals surface area contributed by atoms with Crippen molar-refractivity contribution >= 4 is 35.0 Å². The Bertz CT molecular complexity index is 768. The number of furan rings is 1. The maximum absolute atomic E-state index is 11.9. The number of hydrogen-bond acceptors (Lipinski definition) is 5. The van der Waals surface area contributed by atoms with Crippen LogP contribution in [-0.2, 0) is 4.79 Å². The lowest BCUT2D eigenvalue weighted by molar-refractivity contribution is -0.115. The van der Waals surface area contributed by atoms with Crippen LogP contribution in [0.3, 0.4) is 0 Å². The normalized spacial score (nSPS) is 10.5. The Balaban J connectivity index is 1.97. The van der Waals surface area contributed by atoms with Crippen LogP contribution < -0.4 is 20.1 Å². The number of anilines is 1. The number of methoxy groups -OCH3 is 2. The van der Waals surface area contributed by atoms with Crippen molar-refractivity contribution in [2.75, 3.05) is 19.5 Å². The summed E-state index contributed by atoms with van der Waals surface area (Å²) in [6, 6.07) is 8.82. The topological polar surface area (TPSA) is 72.7 Å². The molecule has 0 aliphatic heterocycles. The molecule has 1 aromatic carbocycles. The fourth-order valence-electron chi connectivity index (χ4n) is 1.92. The largest absolute Gasteiger partial charge is 0.497 e. The molecule has 2 rings (SSSR count). The Morgan fingerprint density at radius 1 is 1.21 bits per heavy atom. The van der Waals surface area contributed by atoms with E-state index < -0.39 is 0 Å². The first-order chi connectivity index (χ1) is 11.5. The summed E-state index contributed by atoms with van der Waals surface area (Å²) in [5.41, 5.74) is 0.591. The fourth-order valence-corrected chi connectivity index (χ4v) is 2.13. The van der Waals surface area contributed by atoms with Crippen molar-refractivity contribution in [2.24, 2.45) is 0 Å². The number of carbonyl (C=O) groups excluding carboxylic acids is 1. The minimum absolute atomic E-state index is 0.145. The number of ether oxygens (including phenoxy) is 2. The summed E-state index contributed by atoms with van der Waals surface area (Å²) in [5.74, 6) is 2.21. The Morgan fingerprint density at radius 2 is 2.00 bits per heavy atom. The van der Waals surface area contributed by atoms with E-state index in [1.165, 1.54) is 6.08 Å². The molecule has 0 saturated heterocycles. The van der Waals surface area contributed by atoms with Crippen molar-refractivity contribution in [1.82, 2.24) is 5.32 Å². The van der Waals surface area contributed by atoms with Gasteiger partial charge in [-0.05, 0) is 49.5 Å². The molecule has 0 saturated carbocycles. The highest BCUT2D eigenvalue weighted by Gasteiger charge is 2.08. The van der Waals surface area contributed by atoms with Crippen molar-refractivity contribution in [3.05, 3.63) is 47.9 Å². The number of aryl methyl sites for hydroxylation is 1. The Morgan fingerprint density at radius 3 is 2.62 bits per heavy atom. The summed E-state index contributed by atoms with van der Waals surface area (Å²) >= 11 is 5.14. The highest BCUT2D eigenvalue weighted by atomic mass is 32.1. The molecule has 1 amide bonds. The predicted molar refractivity (Wildman–Crippen MR) is 96.4 cm³/mol. The van der Waals surface area contributed by atoms with Crippen molar-refractivity contribution in [3.8, 4) is 11.5 Å². The molecular weight excluding hydrogens is 328 g/mol. The van der Waals surface area contributed by atoms with Crippen molar-refractivity contribution < 1.29 is 18.7 Å². The summed E-state index contributed by atoms with van der Waals surface area (Å²) in [4.78, 5) is 11.9. The van der Waals surface area contributed by atoms with Crippen LogP contribution in [0.4, 0.5) is 5.69 Å². The molecule has 24 heavy (non-hydrogen) atoms. The average molecular weight is 346 g/mol. The van der Waals surface area contributed by atoms with Gasteiger partial charge in [0.1, 0.15) is 23.0 Å². The number of carbonyl (C=O) groups is 1. The van der Waals surface area contributed by atoms with Gasteiger partial charge in [0, 0.05) is 12.1 Å². The van der Waals surface area contributed by atoms with Crippen molar-refractivity contribution in [2.45, 2.75) is 6.92 Å². The fraction of sp³-hybridized carbons (Fsp3) is 0.176. The van der Waals surface area contributed by atoms with Crippen LogP contribution in [0.2, 0.25) is 0 Å². The molecular formula is C17H18N2O4S. The molecule has 0 spiro atoms. The summed E-state index contributed by atoms with van der Waals surface area (Å²) in [6.07, 6.45) is 2.91. The van der Waals surface area contributed by atoms with Gasteiger partial charge in [-0.25, -0.2) is 0 Å². The van der Waals surface area contributed by atoms with Crippen LogP contribution in [0.1, 0.15) is 11.5 Å². The van der Waals surface area contributed by atoms with Gasteiger partial charge in [-0.1, -0.05) is 0 Å². The Kier molecular flexibility index (Phi) is 5.97. The Hall–Kier alpha value is -2.80. The zero-order valence-corrected chi connectivity index (χ0v) is 14.4. The van der Waals surface area contributed by atoms with E-state index in [0.717, 1.165) is 5.76 Å². The van der Waals surface area contributed by atoms with Gasteiger partial charge in [0.05, 0.1) is 19.9 Å². The highest BCUT2D eigenvalue weighted by Crippen LogP contribution is 2.28. The standard InChI is InChI=1S/C17H18N2O4S/c1-11-4-5-12(23-11)7-9-16(20)19-17(24)18-14-10-13(21-2)6-8-15(14)22-3/h4-10H,1-3H3,(H2,18,19,20,24). The van der Waals surface area contributed by atoms with Crippen LogP contribution in [0.15, 0.2) is 40.8 Å². The van der Waals surface area contributed by atoms with Gasteiger partial charge in [0.15, 0.2) is 5.11 Å². The third kappa shape index (κ3) is 4.85. The number of thiocarbonyl (C=S) groups is 1. The second kappa shape index (κ2) is 8.16. The van der Waals surface area contributed by atoms with Gasteiger partial charge in [-0.15, -0.1) is 0 Å². The summed E-state index contributed by atoms with van der Waals surface area (Å²) in [6.45, 7) is 1.83. The van der Waals surface area contributed by atoms with Crippen LogP contribution in [0, 0.1) is 6.92 Å². The van der Waals surface area contributed by atoms with Crippen LogP contribution in [-0.4, -0.2) is 25.2 Å². The van der Waals surface area contributed by atoms with E-state index in [0.29, 0.717) is 22.9 Å². The summed E-state index contributed by atoms with van der Waals surface area (Å²) in [7, 11) is 3.11. The monoisotopic (exact) mass is 346 g/mol. The number of nitrogens with one attached hydrogen (secondary N) is 2. The van der Waals surface area contributed by atoms with E-state index in [1.54, 1.807) is 44.6 Å². The maximum atomic E-state index is 11.9. The quantitative estimate of drug-likeness (QED) is 0.640. The van der Waals surface area contributed by atoms with E-state index in [2.05, 4.69) is 10.6 Å². The van der Waals surface area contributed by atoms with Crippen LogP contribution >= 0.6 is 12.2 Å².